The van der Waals surface area contributed by atoms with Gasteiger partial charge in [-0.2, -0.15) is 13.2 Å². The SMILES string of the molecule is NCCCc1ccc(Oc2c([N+](=O)[O-])cc(C(F)(F)F)cc2[N+](=O)[O-])cc1. The van der Waals surface area contributed by atoms with E-state index in [0.717, 1.165) is 12.0 Å². The first-order valence-corrected chi connectivity index (χ1v) is 7.64. The van der Waals surface area contributed by atoms with Crippen LogP contribution < -0.4 is 10.5 Å². The van der Waals surface area contributed by atoms with E-state index < -0.39 is 38.7 Å². The number of alkyl halides is 3. The first kappa shape index (κ1) is 20.1. The van der Waals surface area contributed by atoms with Crippen molar-refractivity contribution in [2.75, 3.05) is 6.54 Å². The second-order valence-corrected chi connectivity index (χ2v) is 5.49. The third kappa shape index (κ3) is 4.91. The van der Waals surface area contributed by atoms with E-state index in [9.17, 15) is 33.4 Å². The van der Waals surface area contributed by atoms with Crippen LogP contribution in [0.1, 0.15) is 17.5 Å². The van der Waals surface area contributed by atoms with E-state index in [2.05, 4.69) is 0 Å². The number of aryl methyl sites for hydroxylation is 1. The van der Waals surface area contributed by atoms with Crippen molar-refractivity contribution in [2.24, 2.45) is 5.73 Å². The van der Waals surface area contributed by atoms with E-state index in [4.69, 9.17) is 10.5 Å². The number of nitro groups is 2. The average molecular weight is 385 g/mol. The van der Waals surface area contributed by atoms with Crippen LogP contribution in [0, 0.1) is 20.2 Å². The Balaban J connectivity index is 2.48. The maximum atomic E-state index is 12.9. The van der Waals surface area contributed by atoms with Gasteiger partial charge in [0.1, 0.15) is 5.75 Å². The summed E-state index contributed by atoms with van der Waals surface area (Å²) in [7, 11) is 0. The maximum absolute atomic E-state index is 12.9. The summed E-state index contributed by atoms with van der Waals surface area (Å²) in [4.78, 5) is 20.0. The molecule has 0 aliphatic carbocycles. The molecule has 2 aromatic rings. The zero-order valence-electron chi connectivity index (χ0n) is 13.7. The Morgan fingerprint density at radius 3 is 1.93 bits per heavy atom. The quantitative estimate of drug-likeness (QED) is 0.563. The topological polar surface area (TPSA) is 122 Å². The van der Waals surface area contributed by atoms with E-state index in [1.807, 2.05) is 0 Å². The van der Waals surface area contributed by atoms with Crippen LogP contribution in [-0.4, -0.2) is 16.4 Å². The van der Waals surface area contributed by atoms with Gasteiger partial charge in [-0.05, 0) is 37.1 Å². The highest BCUT2D eigenvalue weighted by Gasteiger charge is 2.38. The van der Waals surface area contributed by atoms with Gasteiger partial charge in [-0.1, -0.05) is 12.1 Å². The Bertz CT molecular complexity index is 818. The fraction of sp³-hybridized carbons (Fsp3) is 0.250. The average Bonchev–Trinajstić information content (AvgIpc) is 2.59. The number of benzene rings is 2. The van der Waals surface area contributed by atoms with Crippen LogP contribution in [0.4, 0.5) is 24.5 Å². The van der Waals surface area contributed by atoms with Crippen LogP contribution >= 0.6 is 0 Å². The largest absolute Gasteiger partial charge is 0.444 e. The van der Waals surface area contributed by atoms with Crippen LogP contribution in [0.15, 0.2) is 36.4 Å². The molecule has 0 spiro atoms. The minimum atomic E-state index is -4.99. The summed E-state index contributed by atoms with van der Waals surface area (Å²) in [6, 6.07) is 6.50. The van der Waals surface area contributed by atoms with Gasteiger partial charge in [0.2, 0.25) is 0 Å². The lowest BCUT2D eigenvalue weighted by Gasteiger charge is -2.11. The maximum Gasteiger partial charge on any atom is 0.416 e. The lowest BCUT2D eigenvalue weighted by atomic mass is 10.1. The number of nitrogens with zero attached hydrogens (tertiary/aromatic N) is 2. The molecule has 8 nitrogen and oxygen atoms in total. The first-order valence-electron chi connectivity index (χ1n) is 7.64. The summed E-state index contributed by atoms with van der Waals surface area (Å²) in [6.45, 7) is 0.488. The fourth-order valence-electron chi connectivity index (χ4n) is 2.29. The number of ether oxygens (including phenoxy) is 1. The van der Waals surface area contributed by atoms with Crippen molar-refractivity contribution in [1.29, 1.82) is 0 Å². The molecule has 0 radical (unpaired) electrons. The molecular weight excluding hydrogens is 371 g/mol. The molecule has 0 saturated heterocycles. The van der Waals surface area contributed by atoms with Crippen LogP contribution in [0.3, 0.4) is 0 Å². The highest BCUT2D eigenvalue weighted by Crippen LogP contribution is 2.44. The molecule has 0 heterocycles. The van der Waals surface area contributed by atoms with E-state index in [-0.39, 0.29) is 17.9 Å². The molecule has 2 aromatic carbocycles. The van der Waals surface area contributed by atoms with Gasteiger partial charge < -0.3 is 10.5 Å². The Labute approximate surface area is 150 Å². The summed E-state index contributed by atoms with van der Waals surface area (Å²) in [6.07, 6.45) is -3.58. The molecule has 11 heteroatoms. The molecule has 2 rings (SSSR count). The van der Waals surface area contributed by atoms with Crippen LogP contribution in [-0.2, 0) is 12.6 Å². The van der Waals surface area contributed by atoms with Crippen molar-refractivity contribution >= 4 is 11.4 Å². The second kappa shape index (κ2) is 7.99. The van der Waals surface area contributed by atoms with E-state index in [0.29, 0.717) is 13.0 Å². The number of halogens is 3. The molecule has 0 atom stereocenters. The molecule has 0 aromatic heterocycles. The normalized spacial score (nSPS) is 11.3. The van der Waals surface area contributed by atoms with Gasteiger partial charge in [-0.15, -0.1) is 0 Å². The first-order chi connectivity index (χ1) is 12.6. The molecule has 0 bridgehead atoms. The van der Waals surface area contributed by atoms with Crippen LogP contribution in [0.5, 0.6) is 11.5 Å². The second-order valence-electron chi connectivity index (χ2n) is 5.49. The highest BCUT2D eigenvalue weighted by molar-refractivity contribution is 5.63. The van der Waals surface area contributed by atoms with Crippen LogP contribution in [0.2, 0.25) is 0 Å². The molecule has 0 saturated carbocycles. The zero-order chi connectivity index (χ0) is 20.2. The van der Waals surface area contributed by atoms with Crippen molar-refractivity contribution in [3.8, 4) is 11.5 Å². The molecule has 0 aliphatic heterocycles. The summed E-state index contributed by atoms with van der Waals surface area (Å²) in [5.74, 6) is -0.856. The summed E-state index contributed by atoms with van der Waals surface area (Å²) >= 11 is 0. The lowest BCUT2D eigenvalue weighted by Crippen LogP contribution is -2.08. The van der Waals surface area contributed by atoms with Gasteiger partial charge in [0.15, 0.2) is 0 Å². The van der Waals surface area contributed by atoms with E-state index >= 15 is 0 Å². The van der Waals surface area contributed by atoms with Gasteiger partial charge in [-0.25, -0.2) is 0 Å². The van der Waals surface area contributed by atoms with Crippen molar-refractivity contribution in [2.45, 2.75) is 19.0 Å². The minimum absolute atomic E-state index is 0.0115. The van der Waals surface area contributed by atoms with Crippen molar-refractivity contribution in [3.05, 3.63) is 67.8 Å². The van der Waals surface area contributed by atoms with Gasteiger partial charge in [0, 0.05) is 12.1 Å². The molecule has 144 valence electrons. The van der Waals surface area contributed by atoms with Crippen molar-refractivity contribution < 1.29 is 27.8 Å². The van der Waals surface area contributed by atoms with Gasteiger partial charge in [0.05, 0.1) is 15.4 Å². The Morgan fingerprint density at radius 2 is 1.52 bits per heavy atom. The van der Waals surface area contributed by atoms with Crippen molar-refractivity contribution in [1.82, 2.24) is 0 Å². The van der Waals surface area contributed by atoms with Gasteiger partial charge in [-0.3, -0.25) is 20.2 Å². The van der Waals surface area contributed by atoms with Gasteiger partial charge >= 0.3 is 17.6 Å². The lowest BCUT2D eigenvalue weighted by molar-refractivity contribution is -0.396. The minimum Gasteiger partial charge on any atom is -0.444 e. The molecule has 0 unspecified atom stereocenters. The van der Waals surface area contributed by atoms with Crippen LogP contribution in [0.25, 0.3) is 0 Å². The van der Waals surface area contributed by atoms with Gasteiger partial charge in [0.25, 0.3) is 5.75 Å². The molecular formula is C16H14F3N3O5. The summed E-state index contributed by atoms with van der Waals surface area (Å²) in [5, 5.41) is 22.3. The van der Waals surface area contributed by atoms with Crippen molar-refractivity contribution in [3.63, 3.8) is 0 Å². The number of hydrogen-bond acceptors (Lipinski definition) is 6. The predicted octanol–water partition coefficient (Wildman–Crippen LogP) is 4.21. The molecule has 27 heavy (non-hydrogen) atoms. The Kier molecular flexibility index (Phi) is 5.95. The molecule has 0 aliphatic rings. The van der Waals surface area contributed by atoms with E-state index in [1.165, 1.54) is 12.1 Å². The molecule has 2 N–H and O–H groups in total. The third-order valence-corrected chi connectivity index (χ3v) is 3.58. The number of nitrogens with two attached hydrogens (primary N) is 1. The summed E-state index contributed by atoms with van der Waals surface area (Å²) < 4.78 is 43.9. The standard InChI is InChI=1S/C16H14F3N3O5/c17-16(18,19)11-8-13(21(23)24)15(14(9-11)22(25)26)27-12-5-3-10(4-6-12)2-1-7-20/h3-6,8-9H,1-2,7,20H2. The highest BCUT2D eigenvalue weighted by atomic mass is 19.4. The Hall–Kier alpha value is -3.21. The Morgan fingerprint density at radius 1 is 1.00 bits per heavy atom. The number of rotatable bonds is 7. The number of nitro benzene ring substituents is 2. The molecule has 0 amide bonds. The monoisotopic (exact) mass is 385 g/mol. The summed E-state index contributed by atoms with van der Waals surface area (Å²) in [5.41, 5.74) is 2.49. The predicted molar refractivity (Wildman–Crippen MR) is 88.6 cm³/mol. The number of hydrogen-bond donors (Lipinski definition) is 1. The molecule has 0 fully saturated rings. The van der Waals surface area contributed by atoms with E-state index in [1.54, 1.807) is 12.1 Å². The smallest absolute Gasteiger partial charge is 0.416 e. The zero-order valence-corrected chi connectivity index (χ0v) is 13.7. The third-order valence-electron chi connectivity index (χ3n) is 3.58. The fourth-order valence-corrected chi connectivity index (χ4v) is 2.29.